The second-order valence-corrected chi connectivity index (χ2v) is 7.40. The first kappa shape index (κ1) is 17.3. The van der Waals surface area contributed by atoms with Gasteiger partial charge in [0.2, 0.25) is 10.0 Å². The second kappa shape index (κ2) is 6.79. The first-order valence-electron chi connectivity index (χ1n) is 7.74. The van der Waals surface area contributed by atoms with E-state index in [0.29, 0.717) is 16.6 Å². The minimum Gasteiger partial charge on any atom is -0.395 e. The molecule has 0 aliphatic rings. The molecule has 0 unspecified atom stereocenters. The fourth-order valence-corrected chi connectivity index (χ4v) is 3.78. The first-order chi connectivity index (χ1) is 11.9. The molecule has 0 radical (unpaired) electrons. The number of aliphatic hydroxyl groups excluding tert-OH is 1. The van der Waals surface area contributed by atoms with E-state index in [1.807, 2.05) is 24.3 Å². The van der Waals surface area contributed by atoms with Crippen LogP contribution in [0, 0.1) is 0 Å². The van der Waals surface area contributed by atoms with Crippen molar-refractivity contribution in [2.45, 2.75) is 4.90 Å². The Kier molecular flexibility index (Phi) is 4.71. The summed E-state index contributed by atoms with van der Waals surface area (Å²) < 4.78 is 28.3. The molecule has 2 N–H and O–H groups in total. The molecule has 0 fully saturated rings. The molecule has 0 aliphatic heterocycles. The number of benzene rings is 2. The minimum absolute atomic E-state index is 0.0545. The van der Waals surface area contributed by atoms with Crippen molar-refractivity contribution in [1.29, 1.82) is 0 Å². The zero-order chi connectivity index (χ0) is 18.0. The summed E-state index contributed by atoms with van der Waals surface area (Å²) in [5.74, 6) is 0. The number of fused-ring (bicyclic) bond motifs is 1. The summed E-state index contributed by atoms with van der Waals surface area (Å²) in [4.78, 5) is 12.6. The Balaban J connectivity index is 2.15. The van der Waals surface area contributed by atoms with Crippen LogP contribution in [0.4, 0.5) is 0 Å². The van der Waals surface area contributed by atoms with Gasteiger partial charge < -0.3 is 9.67 Å². The average molecular weight is 358 g/mol. The molecular formula is C18H18N2O4S. The fraction of sp³-hybridized carbons (Fsp3) is 0.167. The number of hydrogen-bond acceptors (Lipinski definition) is 4. The van der Waals surface area contributed by atoms with Gasteiger partial charge in [-0.2, -0.15) is 0 Å². The number of pyridine rings is 1. The quantitative estimate of drug-likeness (QED) is 0.723. The van der Waals surface area contributed by atoms with Crippen LogP contribution in [0.25, 0.3) is 22.0 Å². The van der Waals surface area contributed by atoms with Crippen LogP contribution < -0.4 is 10.3 Å². The van der Waals surface area contributed by atoms with E-state index in [4.69, 9.17) is 5.11 Å². The molecule has 0 saturated heterocycles. The maximum atomic E-state index is 12.6. The van der Waals surface area contributed by atoms with Gasteiger partial charge in [0.05, 0.1) is 17.2 Å². The van der Waals surface area contributed by atoms with Crippen LogP contribution >= 0.6 is 0 Å². The molecule has 0 bridgehead atoms. The molecule has 0 amide bonds. The van der Waals surface area contributed by atoms with E-state index in [9.17, 15) is 13.2 Å². The van der Waals surface area contributed by atoms with Crippen LogP contribution in [0.5, 0.6) is 0 Å². The van der Waals surface area contributed by atoms with Crippen LogP contribution in [-0.4, -0.2) is 31.2 Å². The number of aliphatic hydroxyl groups is 1. The highest BCUT2D eigenvalue weighted by Crippen LogP contribution is 2.24. The molecule has 6 nitrogen and oxygen atoms in total. The smallest absolute Gasteiger partial charge is 0.258 e. The van der Waals surface area contributed by atoms with Crippen LogP contribution in [0.3, 0.4) is 0 Å². The summed E-state index contributed by atoms with van der Waals surface area (Å²) >= 11 is 0. The molecule has 2 aromatic carbocycles. The molecule has 0 aliphatic carbocycles. The summed E-state index contributed by atoms with van der Waals surface area (Å²) in [5.41, 5.74) is 1.11. The van der Waals surface area contributed by atoms with Crippen molar-refractivity contribution in [3.63, 3.8) is 0 Å². The van der Waals surface area contributed by atoms with Crippen LogP contribution in [-0.2, 0) is 17.1 Å². The molecule has 7 heteroatoms. The lowest BCUT2D eigenvalue weighted by molar-refractivity contribution is 0.301. The van der Waals surface area contributed by atoms with Crippen molar-refractivity contribution < 1.29 is 13.5 Å². The Morgan fingerprint density at radius 2 is 1.84 bits per heavy atom. The molecule has 0 spiro atoms. The highest BCUT2D eigenvalue weighted by atomic mass is 32.2. The van der Waals surface area contributed by atoms with Gasteiger partial charge >= 0.3 is 0 Å². The predicted molar refractivity (Wildman–Crippen MR) is 96.9 cm³/mol. The number of nitrogens with one attached hydrogen (secondary N) is 1. The molecule has 0 atom stereocenters. The summed E-state index contributed by atoms with van der Waals surface area (Å²) in [6.07, 6.45) is 0. The zero-order valence-electron chi connectivity index (χ0n) is 13.6. The maximum Gasteiger partial charge on any atom is 0.258 e. The fourth-order valence-electron chi connectivity index (χ4n) is 2.71. The van der Waals surface area contributed by atoms with Gasteiger partial charge in [-0.15, -0.1) is 0 Å². The summed E-state index contributed by atoms with van der Waals surface area (Å²) in [6, 6.07) is 15.5. The topological polar surface area (TPSA) is 88.4 Å². The lowest BCUT2D eigenvalue weighted by Crippen LogP contribution is -2.26. The molecule has 3 rings (SSSR count). The zero-order valence-corrected chi connectivity index (χ0v) is 14.5. The number of nitrogens with zero attached hydrogens (tertiary/aromatic N) is 1. The van der Waals surface area contributed by atoms with Crippen LogP contribution in [0.2, 0.25) is 0 Å². The van der Waals surface area contributed by atoms with Crippen molar-refractivity contribution in [3.05, 3.63) is 65.0 Å². The number of aromatic nitrogens is 1. The van der Waals surface area contributed by atoms with Crippen LogP contribution in [0.1, 0.15) is 0 Å². The van der Waals surface area contributed by atoms with Crippen molar-refractivity contribution in [1.82, 2.24) is 9.29 Å². The van der Waals surface area contributed by atoms with Gasteiger partial charge in [0.1, 0.15) is 0 Å². The van der Waals surface area contributed by atoms with E-state index in [1.54, 1.807) is 25.2 Å². The predicted octanol–water partition coefficient (Wildman–Crippen LogP) is 1.48. The summed E-state index contributed by atoms with van der Waals surface area (Å²) in [6.45, 7) is -0.334. The third-order valence-corrected chi connectivity index (χ3v) is 5.45. The van der Waals surface area contributed by atoms with Gasteiger partial charge in [-0.1, -0.05) is 30.3 Å². The molecule has 3 aromatic rings. The highest BCUT2D eigenvalue weighted by molar-refractivity contribution is 7.89. The van der Waals surface area contributed by atoms with Crippen molar-refractivity contribution in [3.8, 4) is 11.3 Å². The monoisotopic (exact) mass is 358 g/mol. The molecular weight excluding hydrogens is 340 g/mol. The van der Waals surface area contributed by atoms with Gasteiger partial charge in [0.25, 0.3) is 5.56 Å². The number of sulfonamides is 1. The minimum atomic E-state index is -3.72. The average Bonchev–Trinajstić information content (AvgIpc) is 2.63. The van der Waals surface area contributed by atoms with Crippen LogP contribution in [0.15, 0.2) is 64.3 Å². The van der Waals surface area contributed by atoms with Gasteiger partial charge in [-0.25, -0.2) is 13.1 Å². The van der Waals surface area contributed by atoms with Crippen molar-refractivity contribution >= 4 is 20.8 Å². The highest BCUT2D eigenvalue weighted by Gasteiger charge is 2.15. The van der Waals surface area contributed by atoms with Gasteiger partial charge in [-0.05, 0) is 35.2 Å². The standard InChI is InChI=1S/C18H18N2O4S/c1-20-17(12-13-5-2-3-8-16(13)18(20)22)14-6-4-7-15(11-14)25(23,24)19-9-10-21/h2-8,11-12,19,21H,9-10H2,1H3. The van der Waals surface area contributed by atoms with E-state index >= 15 is 0 Å². The number of rotatable bonds is 5. The van der Waals surface area contributed by atoms with E-state index in [1.165, 1.54) is 16.7 Å². The molecule has 25 heavy (non-hydrogen) atoms. The van der Waals surface area contributed by atoms with E-state index in [2.05, 4.69) is 4.72 Å². The van der Waals surface area contributed by atoms with Crippen molar-refractivity contribution in [2.75, 3.05) is 13.2 Å². The lowest BCUT2D eigenvalue weighted by atomic mass is 10.1. The summed E-state index contributed by atoms with van der Waals surface area (Å²) in [7, 11) is -2.05. The third-order valence-electron chi connectivity index (χ3n) is 3.99. The van der Waals surface area contributed by atoms with E-state index in [0.717, 1.165) is 5.39 Å². The maximum absolute atomic E-state index is 12.6. The lowest BCUT2D eigenvalue weighted by Gasteiger charge is -2.12. The normalized spacial score (nSPS) is 11.8. The first-order valence-corrected chi connectivity index (χ1v) is 9.22. The number of hydrogen-bond donors (Lipinski definition) is 2. The molecule has 130 valence electrons. The SMILES string of the molecule is Cn1c(-c2cccc(S(=O)(=O)NCCO)c2)cc2ccccc2c1=O. The molecule has 0 saturated carbocycles. The Labute approximate surface area is 145 Å². The van der Waals surface area contributed by atoms with Gasteiger partial charge in [0.15, 0.2) is 0 Å². The third kappa shape index (κ3) is 3.34. The Morgan fingerprint density at radius 1 is 1.08 bits per heavy atom. The van der Waals surface area contributed by atoms with Gasteiger partial charge in [-0.3, -0.25) is 4.79 Å². The Bertz CT molecular complexity index is 1090. The second-order valence-electron chi connectivity index (χ2n) is 5.63. The molecule has 1 heterocycles. The van der Waals surface area contributed by atoms with Crippen molar-refractivity contribution in [2.24, 2.45) is 7.05 Å². The molecule has 1 aromatic heterocycles. The van der Waals surface area contributed by atoms with E-state index in [-0.39, 0.29) is 23.6 Å². The van der Waals surface area contributed by atoms with E-state index < -0.39 is 10.0 Å². The largest absolute Gasteiger partial charge is 0.395 e. The summed E-state index contributed by atoms with van der Waals surface area (Å²) in [5, 5.41) is 10.2. The van der Waals surface area contributed by atoms with Gasteiger partial charge in [0, 0.05) is 19.0 Å². The Morgan fingerprint density at radius 3 is 2.60 bits per heavy atom. The Hall–Kier alpha value is -2.48.